The van der Waals surface area contributed by atoms with Crippen LogP contribution in [0.1, 0.15) is 31.2 Å². The van der Waals surface area contributed by atoms with Gasteiger partial charge >= 0.3 is 12.1 Å². The monoisotopic (exact) mass is 465 g/mol. The molecule has 2 unspecified atom stereocenters. The number of nitrogens with two attached hydrogens (primary N) is 2. The zero-order valence-corrected chi connectivity index (χ0v) is 17.7. The minimum atomic E-state index is -1.32. The highest BCUT2D eigenvalue weighted by Crippen LogP contribution is 2.05. The molecule has 0 fully saturated rings. The lowest BCUT2D eigenvalue weighted by Gasteiger charge is -2.22. The van der Waals surface area contributed by atoms with E-state index in [0.29, 0.717) is 5.56 Å². The second-order valence-corrected chi connectivity index (χ2v) is 6.94. The number of ether oxygens (including phenoxy) is 1. The Bertz CT molecular complexity index is 861. The van der Waals surface area contributed by atoms with E-state index < -0.39 is 54.3 Å². The molecule has 13 heteroatoms. The summed E-state index contributed by atoms with van der Waals surface area (Å²) in [6, 6.07) is 6.12. The van der Waals surface area contributed by atoms with Crippen LogP contribution in [-0.2, 0) is 35.3 Å². The van der Waals surface area contributed by atoms with Crippen molar-refractivity contribution in [2.45, 2.75) is 44.4 Å². The van der Waals surface area contributed by atoms with Crippen LogP contribution in [0.5, 0.6) is 0 Å². The Kier molecular flexibility index (Phi) is 11.4. The van der Waals surface area contributed by atoms with E-state index in [0.717, 1.165) is 0 Å². The molecule has 1 aromatic carbocycles. The Morgan fingerprint density at radius 2 is 1.39 bits per heavy atom. The Morgan fingerprint density at radius 3 is 1.91 bits per heavy atom. The van der Waals surface area contributed by atoms with Crippen molar-refractivity contribution in [3.63, 3.8) is 0 Å². The van der Waals surface area contributed by atoms with Gasteiger partial charge in [-0.05, 0) is 18.4 Å². The van der Waals surface area contributed by atoms with E-state index in [4.69, 9.17) is 21.3 Å². The van der Waals surface area contributed by atoms with E-state index in [9.17, 15) is 28.8 Å². The van der Waals surface area contributed by atoms with Crippen molar-refractivity contribution in [1.29, 1.82) is 0 Å². The third-order valence-corrected chi connectivity index (χ3v) is 4.23. The van der Waals surface area contributed by atoms with Gasteiger partial charge in [-0.1, -0.05) is 30.3 Å². The highest BCUT2D eigenvalue weighted by Gasteiger charge is 2.28. The van der Waals surface area contributed by atoms with Crippen LogP contribution in [-0.4, -0.2) is 59.4 Å². The first-order valence-electron chi connectivity index (χ1n) is 9.92. The highest BCUT2D eigenvalue weighted by atomic mass is 16.5. The van der Waals surface area contributed by atoms with Gasteiger partial charge in [-0.3, -0.25) is 24.0 Å². The van der Waals surface area contributed by atoms with E-state index in [2.05, 4.69) is 16.0 Å². The second-order valence-electron chi connectivity index (χ2n) is 6.94. The van der Waals surface area contributed by atoms with Gasteiger partial charge in [-0.2, -0.15) is 0 Å². The number of rotatable bonds is 14. The van der Waals surface area contributed by atoms with Crippen molar-refractivity contribution in [2.24, 2.45) is 11.5 Å². The van der Waals surface area contributed by atoms with Gasteiger partial charge in [0.2, 0.25) is 23.6 Å². The average molecular weight is 465 g/mol. The standard InChI is InChI=1S/C20H27N5O8/c21-15(26)8-6-13(18(30)23-10-17(28)29)24-19(31)14(7-9-16(22)27)25-20(32)33-11-12-4-2-1-3-5-12/h1-5,13-14H,6-11H2,(H2,21,26)(H2,22,27)(H,23,30)(H,24,31)(H,25,32)(H,28,29). The van der Waals surface area contributed by atoms with E-state index in [-0.39, 0.29) is 32.3 Å². The molecule has 180 valence electrons. The summed E-state index contributed by atoms with van der Waals surface area (Å²) in [6.07, 6.45) is -1.89. The van der Waals surface area contributed by atoms with Gasteiger partial charge in [0.25, 0.3) is 0 Å². The van der Waals surface area contributed by atoms with Crippen LogP contribution in [0.25, 0.3) is 0 Å². The Balaban J connectivity index is 2.83. The van der Waals surface area contributed by atoms with Gasteiger partial charge in [0, 0.05) is 12.8 Å². The van der Waals surface area contributed by atoms with Crippen molar-refractivity contribution in [3.05, 3.63) is 35.9 Å². The number of hydrogen-bond donors (Lipinski definition) is 6. The van der Waals surface area contributed by atoms with Crippen LogP contribution in [0, 0.1) is 0 Å². The molecule has 0 bridgehead atoms. The lowest BCUT2D eigenvalue weighted by molar-refractivity contribution is -0.138. The van der Waals surface area contributed by atoms with E-state index in [1.54, 1.807) is 30.3 Å². The van der Waals surface area contributed by atoms with Crippen molar-refractivity contribution in [2.75, 3.05) is 6.54 Å². The van der Waals surface area contributed by atoms with Crippen LogP contribution >= 0.6 is 0 Å². The average Bonchev–Trinajstić information content (AvgIpc) is 2.76. The normalized spacial score (nSPS) is 12.0. The quantitative estimate of drug-likeness (QED) is 0.189. The van der Waals surface area contributed by atoms with Crippen LogP contribution in [0.15, 0.2) is 30.3 Å². The molecule has 8 N–H and O–H groups in total. The fourth-order valence-corrected chi connectivity index (χ4v) is 2.58. The Morgan fingerprint density at radius 1 is 0.848 bits per heavy atom. The number of benzene rings is 1. The molecule has 0 saturated heterocycles. The summed E-state index contributed by atoms with van der Waals surface area (Å²) in [5, 5.41) is 15.4. The molecule has 0 aliphatic heterocycles. The lowest BCUT2D eigenvalue weighted by Crippen LogP contribution is -2.54. The smallest absolute Gasteiger partial charge is 0.408 e. The summed E-state index contributed by atoms with van der Waals surface area (Å²) in [5.41, 5.74) is 10.9. The molecular formula is C20H27N5O8. The molecule has 1 rings (SSSR count). The van der Waals surface area contributed by atoms with Crippen LogP contribution in [0.4, 0.5) is 4.79 Å². The summed E-state index contributed by atoms with van der Waals surface area (Å²) in [5.74, 6) is -4.52. The maximum absolute atomic E-state index is 12.7. The number of amides is 5. The van der Waals surface area contributed by atoms with Crippen molar-refractivity contribution >= 4 is 35.7 Å². The zero-order chi connectivity index (χ0) is 24.8. The third-order valence-electron chi connectivity index (χ3n) is 4.23. The first-order valence-corrected chi connectivity index (χ1v) is 9.92. The van der Waals surface area contributed by atoms with Crippen molar-refractivity contribution < 1.29 is 38.6 Å². The van der Waals surface area contributed by atoms with Crippen molar-refractivity contribution in [3.8, 4) is 0 Å². The predicted molar refractivity (Wildman–Crippen MR) is 113 cm³/mol. The van der Waals surface area contributed by atoms with E-state index in [1.165, 1.54) is 0 Å². The first-order chi connectivity index (χ1) is 15.6. The first kappa shape index (κ1) is 26.9. The van der Waals surface area contributed by atoms with E-state index in [1.807, 2.05) is 0 Å². The molecule has 0 aliphatic carbocycles. The Hall–Kier alpha value is -4.16. The maximum Gasteiger partial charge on any atom is 0.408 e. The molecule has 0 aromatic heterocycles. The molecule has 5 amide bonds. The molecule has 2 atom stereocenters. The molecular weight excluding hydrogens is 438 g/mol. The summed E-state index contributed by atoms with van der Waals surface area (Å²) in [7, 11) is 0. The predicted octanol–water partition coefficient (Wildman–Crippen LogP) is -1.50. The number of carbonyl (C=O) groups is 6. The minimum absolute atomic E-state index is 0.0737. The number of primary amides is 2. The van der Waals surface area contributed by atoms with Crippen LogP contribution < -0.4 is 27.4 Å². The second kappa shape index (κ2) is 14.0. The molecule has 0 heterocycles. The maximum atomic E-state index is 12.7. The fourth-order valence-electron chi connectivity index (χ4n) is 2.58. The van der Waals surface area contributed by atoms with Crippen LogP contribution in [0.2, 0.25) is 0 Å². The Labute approximate surface area is 189 Å². The highest BCUT2D eigenvalue weighted by molar-refractivity contribution is 5.92. The van der Waals surface area contributed by atoms with Crippen LogP contribution in [0.3, 0.4) is 0 Å². The number of hydrogen-bond acceptors (Lipinski definition) is 7. The molecule has 0 spiro atoms. The number of carboxylic acid groups (broad SMARTS) is 1. The number of carboxylic acids is 1. The van der Waals surface area contributed by atoms with Gasteiger partial charge < -0.3 is 37.3 Å². The number of aliphatic carboxylic acids is 1. The summed E-state index contributed by atoms with van der Waals surface area (Å²) in [4.78, 5) is 70.0. The molecule has 1 aromatic rings. The van der Waals surface area contributed by atoms with Gasteiger partial charge in [0.05, 0.1) is 0 Å². The lowest BCUT2D eigenvalue weighted by atomic mass is 10.1. The van der Waals surface area contributed by atoms with E-state index >= 15 is 0 Å². The largest absolute Gasteiger partial charge is 0.480 e. The molecule has 0 saturated carbocycles. The van der Waals surface area contributed by atoms with Gasteiger partial charge in [-0.25, -0.2) is 4.79 Å². The summed E-state index contributed by atoms with van der Waals surface area (Å²) >= 11 is 0. The number of alkyl carbamates (subject to hydrolysis) is 1. The van der Waals surface area contributed by atoms with Gasteiger partial charge in [0.15, 0.2) is 0 Å². The minimum Gasteiger partial charge on any atom is -0.480 e. The SMILES string of the molecule is NC(=O)CCC(NC(=O)OCc1ccccc1)C(=O)NC(CCC(N)=O)C(=O)NCC(=O)O. The molecule has 33 heavy (non-hydrogen) atoms. The number of nitrogens with one attached hydrogen (secondary N) is 3. The molecule has 13 nitrogen and oxygen atoms in total. The zero-order valence-electron chi connectivity index (χ0n) is 17.7. The summed E-state index contributed by atoms with van der Waals surface area (Å²) in [6.45, 7) is -0.785. The number of carbonyl (C=O) groups excluding carboxylic acids is 5. The molecule has 0 radical (unpaired) electrons. The topological polar surface area (TPSA) is 220 Å². The van der Waals surface area contributed by atoms with Gasteiger partial charge in [-0.15, -0.1) is 0 Å². The fraction of sp³-hybridized carbons (Fsp3) is 0.400. The van der Waals surface area contributed by atoms with Crippen molar-refractivity contribution in [1.82, 2.24) is 16.0 Å². The third kappa shape index (κ3) is 11.7. The van der Waals surface area contributed by atoms with Gasteiger partial charge in [0.1, 0.15) is 25.2 Å². The summed E-state index contributed by atoms with van der Waals surface area (Å²) < 4.78 is 5.06. The molecule has 0 aliphatic rings.